The second-order valence-electron chi connectivity index (χ2n) is 1.29. The molecule has 0 aromatic carbocycles. The highest BCUT2D eigenvalue weighted by atomic mass is 35.5. The van der Waals surface area contributed by atoms with Gasteiger partial charge >= 0.3 is 0 Å². The van der Waals surface area contributed by atoms with Crippen LogP contribution in [-0.2, 0) is 0 Å². The van der Waals surface area contributed by atoms with Gasteiger partial charge in [-0.15, -0.1) is 0 Å². The molecule has 47 valence electrons. The number of primary amides is 1. The number of amides is 1. The van der Waals surface area contributed by atoms with Crippen LogP contribution >= 0.6 is 22.9 Å². The van der Waals surface area contributed by atoms with Gasteiger partial charge in [0.05, 0.1) is 0 Å². The molecule has 1 radical (unpaired) electrons. The molecule has 0 aliphatic carbocycles. The summed E-state index contributed by atoms with van der Waals surface area (Å²) in [5.74, 6) is -0.613. The maximum absolute atomic E-state index is 10.3. The number of halogens is 1. The Kier molecular flexibility index (Phi) is 1.68. The van der Waals surface area contributed by atoms with Gasteiger partial charge in [-0.3, -0.25) is 4.79 Å². The molecule has 0 saturated carbocycles. The number of hydrogen-bond donors (Lipinski definition) is 1. The van der Waals surface area contributed by atoms with E-state index in [1.165, 1.54) is 0 Å². The van der Waals surface area contributed by atoms with Crippen LogP contribution in [0.2, 0.25) is 4.34 Å². The predicted octanol–water partition coefficient (Wildman–Crippen LogP) is 0.696. The Labute approximate surface area is 60.5 Å². The largest absolute Gasteiger partial charge is 0.364 e. The molecule has 3 nitrogen and oxygen atoms in total. The third-order valence-electron chi connectivity index (χ3n) is 0.712. The van der Waals surface area contributed by atoms with E-state index in [9.17, 15) is 4.79 Å². The van der Waals surface area contributed by atoms with Gasteiger partial charge in [-0.05, 0) is 0 Å². The number of thiazole rings is 1. The number of carbonyl (C=O) groups is 1. The van der Waals surface area contributed by atoms with Gasteiger partial charge in [0, 0.05) is 0 Å². The highest BCUT2D eigenvalue weighted by Gasteiger charge is 2.08. The van der Waals surface area contributed by atoms with E-state index in [4.69, 9.17) is 17.3 Å². The van der Waals surface area contributed by atoms with E-state index >= 15 is 0 Å². The highest BCUT2D eigenvalue weighted by Crippen LogP contribution is 2.17. The zero-order valence-electron chi connectivity index (χ0n) is 4.22. The summed E-state index contributed by atoms with van der Waals surface area (Å²) in [5.41, 5.74) is 7.40. The van der Waals surface area contributed by atoms with E-state index in [2.05, 4.69) is 10.5 Å². The summed E-state index contributed by atoms with van der Waals surface area (Å²) in [5, 5.41) is 0. The fourth-order valence-electron chi connectivity index (χ4n) is 0.353. The monoisotopic (exact) mass is 161 g/mol. The molecule has 1 amide bonds. The molecule has 5 heteroatoms. The van der Waals surface area contributed by atoms with Gasteiger partial charge in [0.25, 0.3) is 5.91 Å². The number of nitrogens with two attached hydrogens (primary N) is 1. The summed E-state index contributed by atoms with van der Waals surface area (Å²) < 4.78 is 0.294. The molecule has 0 atom stereocenters. The summed E-state index contributed by atoms with van der Waals surface area (Å²) in [6.07, 6.45) is 0. The van der Waals surface area contributed by atoms with Crippen molar-refractivity contribution < 1.29 is 4.79 Å². The van der Waals surface area contributed by atoms with Crippen LogP contribution in [0.1, 0.15) is 10.5 Å². The maximum atomic E-state index is 10.3. The van der Waals surface area contributed by atoms with Crippen molar-refractivity contribution in [1.82, 2.24) is 4.98 Å². The summed E-state index contributed by atoms with van der Waals surface area (Å²) in [6, 6.07) is 0. The molecule has 1 heterocycles. The first-order valence-electron chi connectivity index (χ1n) is 2.04. The second-order valence-corrected chi connectivity index (χ2v) is 2.69. The Bertz CT molecular complexity index is 234. The van der Waals surface area contributed by atoms with Crippen molar-refractivity contribution in [1.29, 1.82) is 0 Å². The minimum atomic E-state index is -0.613. The van der Waals surface area contributed by atoms with Crippen molar-refractivity contribution in [2.24, 2.45) is 5.73 Å². The lowest BCUT2D eigenvalue weighted by Crippen LogP contribution is -2.11. The third-order valence-corrected chi connectivity index (χ3v) is 1.68. The Morgan fingerprint density at radius 1 is 1.89 bits per heavy atom. The Hall–Kier alpha value is -0.610. The highest BCUT2D eigenvalue weighted by molar-refractivity contribution is 7.14. The maximum Gasteiger partial charge on any atom is 0.269 e. The van der Waals surface area contributed by atoms with E-state index in [1.54, 1.807) is 0 Å². The number of aromatic nitrogens is 1. The van der Waals surface area contributed by atoms with Crippen molar-refractivity contribution in [3.63, 3.8) is 0 Å². The quantitative estimate of drug-likeness (QED) is 0.659. The molecule has 0 aliphatic heterocycles. The Morgan fingerprint density at radius 3 is 2.78 bits per heavy atom. The standard InChI is InChI=1S/C4H2ClN2OS/c5-3-2(4(6)8)7-1-9-3/h(H2,6,8). The molecule has 1 rings (SSSR count). The lowest BCUT2D eigenvalue weighted by Gasteiger charge is -1.83. The van der Waals surface area contributed by atoms with Crippen LogP contribution < -0.4 is 5.73 Å². The van der Waals surface area contributed by atoms with Gasteiger partial charge in [0.2, 0.25) is 0 Å². The normalized spacial score (nSPS) is 9.44. The van der Waals surface area contributed by atoms with Crippen molar-refractivity contribution >= 4 is 28.8 Å². The van der Waals surface area contributed by atoms with Gasteiger partial charge in [0.15, 0.2) is 11.2 Å². The molecule has 0 unspecified atom stereocenters. The first kappa shape index (κ1) is 6.51. The first-order valence-corrected chi connectivity index (χ1v) is 3.23. The molecule has 0 saturated heterocycles. The van der Waals surface area contributed by atoms with Crippen LogP contribution in [0.4, 0.5) is 0 Å². The van der Waals surface area contributed by atoms with E-state index in [0.29, 0.717) is 4.34 Å². The molecule has 0 bridgehead atoms. The van der Waals surface area contributed by atoms with E-state index in [1.807, 2.05) is 0 Å². The fraction of sp³-hybridized carbons (Fsp3) is 0. The minimum absolute atomic E-state index is 0.0988. The molecule has 9 heavy (non-hydrogen) atoms. The van der Waals surface area contributed by atoms with Crippen molar-refractivity contribution in [2.45, 2.75) is 0 Å². The van der Waals surface area contributed by atoms with Crippen LogP contribution in [0.3, 0.4) is 0 Å². The third kappa shape index (κ3) is 1.20. The van der Waals surface area contributed by atoms with Gasteiger partial charge in [-0.25, -0.2) is 4.98 Å². The molecular formula is C4H2ClN2OS. The molecule has 0 aliphatic rings. The van der Waals surface area contributed by atoms with Gasteiger partial charge in [-0.1, -0.05) is 22.9 Å². The fourth-order valence-corrected chi connectivity index (χ4v) is 1.05. The number of hydrogen-bond acceptors (Lipinski definition) is 3. The number of rotatable bonds is 1. The van der Waals surface area contributed by atoms with Crippen LogP contribution in [0, 0.1) is 5.51 Å². The predicted molar refractivity (Wildman–Crippen MR) is 34.5 cm³/mol. The van der Waals surface area contributed by atoms with Crippen LogP contribution in [0.15, 0.2) is 0 Å². The number of carbonyl (C=O) groups excluding carboxylic acids is 1. The molecule has 0 spiro atoms. The van der Waals surface area contributed by atoms with Gasteiger partial charge in [-0.2, -0.15) is 0 Å². The van der Waals surface area contributed by atoms with Crippen LogP contribution in [0.5, 0.6) is 0 Å². The smallest absolute Gasteiger partial charge is 0.269 e. The summed E-state index contributed by atoms with van der Waals surface area (Å²) in [6.45, 7) is 0. The molecule has 1 aromatic rings. The summed E-state index contributed by atoms with van der Waals surface area (Å²) >= 11 is 6.52. The van der Waals surface area contributed by atoms with Gasteiger partial charge < -0.3 is 5.73 Å². The van der Waals surface area contributed by atoms with E-state index in [-0.39, 0.29) is 5.69 Å². The van der Waals surface area contributed by atoms with Crippen molar-refractivity contribution in [3.05, 3.63) is 15.5 Å². The molecule has 2 N–H and O–H groups in total. The average Bonchev–Trinajstić information content (AvgIpc) is 2.13. The average molecular weight is 162 g/mol. The van der Waals surface area contributed by atoms with Crippen LogP contribution in [0.25, 0.3) is 0 Å². The first-order chi connectivity index (χ1) is 4.22. The lowest BCUT2D eigenvalue weighted by molar-refractivity contribution is 0.0996. The lowest BCUT2D eigenvalue weighted by atomic mass is 10.5. The SMILES string of the molecule is NC(=O)c1n[c]sc1Cl. The molecule has 0 fully saturated rings. The Balaban J connectivity index is 3.08. The van der Waals surface area contributed by atoms with E-state index < -0.39 is 5.91 Å². The zero-order valence-corrected chi connectivity index (χ0v) is 5.79. The zero-order chi connectivity index (χ0) is 6.85. The minimum Gasteiger partial charge on any atom is -0.364 e. The van der Waals surface area contributed by atoms with Crippen molar-refractivity contribution in [3.8, 4) is 0 Å². The topological polar surface area (TPSA) is 56.0 Å². The number of nitrogens with zero attached hydrogens (tertiary/aromatic N) is 1. The molecule has 1 aromatic heterocycles. The summed E-state index contributed by atoms with van der Waals surface area (Å²) in [4.78, 5) is 13.8. The van der Waals surface area contributed by atoms with Gasteiger partial charge in [0.1, 0.15) is 4.34 Å². The van der Waals surface area contributed by atoms with Crippen molar-refractivity contribution in [2.75, 3.05) is 0 Å². The summed E-state index contributed by atoms with van der Waals surface area (Å²) in [7, 11) is 0. The molecular weight excluding hydrogens is 160 g/mol. The Morgan fingerprint density at radius 2 is 2.56 bits per heavy atom. The van der Waals surface area contributed by atoms with Crippen LogP contribution in [-0.4, -0.2) is 10.9 Å². The van der Waals surface area contributed by atoms with E-state index in [0.717, 1.165) is 11.3 Å². The second kappa shape index (κ2) is 2.33.